The summed E-state index contributed by atoms with van der Waals surface area (Å²) in [6.45, 7) is 2.12. The number of halogens is 2. The molecule has 106 valence electrons. The summed E-state index contributed by atoms with van der Waals surface area (Å²) in [5.41, 5.74) is 1.78. The summed E-state index contributed by atoms with van der Waals surface area (Å²) in [4.78, 5) is 13.7. The molecule has 0 atom stereocenters. The summed E-state index contributed by atoms with van der Waals surface area (Å²) in [5.74, 6) is -2.02. The van der Waals surface area contributed by atoms with Crippen molar-refractivity contribution in [2.75, 3.05) is 7.05 Å². The Bertz CT molecular complexity index is 625. The Hall–Kier alpha value is -2.24. The minimum Gasteiger partial charge on any atom is -0.337 e. The predicted molar refractivity (Wildman–Crippen MR) is 70.1 cm³/mol. The number of rotatable bonds is 4. The van der Waals surface area contributed by atoms with E-state index in [-0.39, 0.29) is 12.5 Å². The van der Waals surface area contributed by atoms with Crippen LogP contribution in [0.5, 0.6) is 0 Å². The maximum Gasteiger partial charge on any atom is 0.257 e. The molecule has 0 fully saturated rings. The van der Waals surface area contributed by atoms with Crippen molar-refractivity contribution in [2.24, 2.45) is 0 Å². The summed E-state index contributed by atoms with van der Waals surface area (Å²) in [6.07, 6.45) is 2.14. The number of nitrogens with zero attached hydrogens (tertiary/aromatic N) is 2. The van der Waals surface area contributed by atoms with Crippen LogP contribution >= 0.6 is 0 Å². The van der Waals surface area contributed by atoms with Crippen LogP contribution in [0.25, 0.3) is 0 Å². The molecule has 1 aromatic carbocycles. The molecular weight excluding hydrogens is 264 g/mol. The highest BCUT2D eigenvalue weighted by molar-refractivity contribution is 5.94. The van der Waals surface area contributed by atoms with E-state index >= 15 is 0 Å². The minimum atomic E-state index is -0.916. The average Bonchev–Trinajstić information content (AvgIpc) is 2.90. The fourth-order valence-electron chi connectivity index (χ4n) is 1.96. The quantitative estimate of drug-likeness (QED) is 0.935. The third-order valence-corrected chi connectivity index (χ3v) is 3.05. The lowest BCUT2D eigenvalue weighted by Crippen LogP contribution is -2.26. The first-order valence-corrected chi connectivity index (χ1v) is 6.24. The van der Waals surface area contributed by atoms with Crippen molar-refractivity contribution < 1.29 is 13.6 Å². The van der Waals surface area contributed by atoms with E-state index in [9.17, 15) is 13.6 Å². The Kier molecular flexibility index (Phi) is 4.12. The van der Waals surface area contributed by atoms with Gasteiger partial charge in [-0.2, -0.15) is 5.10 Å². The molecule has 2 rings (SSSR count). The van der Waals surface area contributed by atoms with Crippen LogP contribution < -0.4 is 0 Å². The van der Waals surface area contributed by atoms with E-state index in [0.29, 0.717) is 17.5 Å². The van der Waals surface area contributed by atoms with E-state index in [2.05, 4.69) is 10.2 Å². The number of aromatic nitrogens is 2. The van der Waals surface area contributed by atoms with Crippen LogP contribution in [-0.2, 0) is 13.0 Å². The molecule has 2 aromatic rings. The molecule has 0 saturated carbocycles. The first kappa shape index (κ1) is 14.2. The molecule has 1 N–H and O–H groups in total. The van der Waals surface area contributed by atoms with E-state index in [1.54, 1.807) is 7.05 Å². The van der Waals surface area contributed by atoms with Gasteiger partial charge in [0.2, 0.25) is 0 Å². The largest absolute Gasteiger partial charge is 0.337 e. The third kappa shape index (κ3) is 2.84. The van der Waals surface area contributed by atoms with Crippen molar-refractivity contribution in [3.8, 4) is 0 Å². The summed E-state index contributed by atoms with van der Waals surface area (Å²) in [7, 11) is 1.61. The second kappa shape index (κ2) is 5.81. The number of hydrogen-bond acceptors (Lipinski definition) is 2. The molecular formula is C14H15F2N3O. The van der Waals surface area contributed by atoms with Crippen LogP contribution in [0.3, 0.4) is 0 Å². The van der Waals surface area contributed by atoms with Crippen LogP contribution in [0.1, 0.15) is 28.5 Å². The molecule has 0 spiro atoms. The molecule has 20 heavy (non-hydrogen) atoms. The van der Waals surface area contributed by atoms with Crippen LogP contribution in [0.15, 0.2) is 24.4 Å². The molecule has 0 aliphatic rings. The zero-order chi connectivity index (χ0) is 14.7. The molecule has 0 aliphatic heterocycles. The molecule has 0 saturated heterocycles. The standard InChI is InChI=1S/C14H15F2N3O/c1-3-13-10(7-17-18-13)14(20)19(2)8-9-4-5-11(15)12(16)6-9/h4-7H,3,8H2,1-2H3,(H,17,18). The molecule has 1 heterocycles. The number of amides is 1. The molecule has 1 aromatic heterocycles. The zero-order valence-corrected chi connectivity index (χ0v) is 11.3. The van der Waals surface area contributed by atoms with E-state index in [1.807, 2.05) is 6.92 Å². The Morgan fingerprint density at radius 2 is 2.10 bits per heavy atom. The van der Waals surface area contributed by atoms with Gasteiger partial charge in [0.15, 0.2) is 11.6 Å². The Morgan fingerprint density at radius 3 is 2.75 bits per heavy atom. The minimum absolute atomic E-state index is 0.199. The van der Waals surface area contributed by atoms with Crippen LogP contribution in [-0.4, -0.2) is 28.1 Å². The average molecular weight is 279 g/mol. The molecule has 6 heteroatoms. The van der Waals surface area contributed by atoms with Crippen molar-refractivity contribution in [3.05, 3.63) is 52.9 Å². The van der Waals surface area contributed by atoms with Gasteiger partial charge in [-0.1, -0.05) is 13.0 Å². The van der Waals surface area contributed by atoms with Crippen molar-refractivity contribution in [1.29, 1.82) is 0 Å². The van der Waals surface area contributed by atoms with Crippen molar-refractivity contribution in [2.45, 2.75) is 19.9 Å². The van der Waals surface area contributed by atoms with Gasteiger partial charge in [0.1, 0.15) is 0 Å². The van der Waals surface area contributed by atoms with Gasteiger partial charge in [-0.15, -0.1) is 0 Å². The van der Waals surface area contributed by atoms with Gasteiger partial charge in [0.05, 0.1) is 11.8 Å². The molecule has 4 nitrogen and oxygen atoms in total. The Labute approximate surface area is 115 Å². The summed E-state index contributed by atoms with van der Waals surface area (Å²) in [6, 6.07) is 3.60. The first-order valence-electron chi connectivity index (χ1n) is 6.24. The first-order chi connectivity index (χ1) is 9.52. The smallest absolute Gasteiger partial charge is 0.257 e. The zero-order valence-electron chi connectivity index (χ0n) is 11.3. The van der Waals surface area contributed by atoms with Crippen LogP contribution in [0.4, 0.5) is 8.78 Å². The SMILES string of the molecule is CCc1[nH]ncc1C(=O)N(C)Cc1ccc(F)c(F)c1. The van der Waals surface area contributed by atoms with Crippen molar-refractivity contribution in [3.63, 3.8) is 0 Å². The number of carbonyl (C=O) groups excluding carboxylic acids is 1. The maximum atomic E-state index is 13.1. The monoisotopic (exact) mass is 279 g/mol. The van der Waals surface area contributed by atoms with Gasteiger partial charge in [-0.25, -0.2) is 8.78 Å². The highest BCUT2D eigenvalue weighted by atomic mass is 19.2. The second-order valence-electron chi connectivity index (χ2n) is 4.53. The summed E-state index contributed by atoms with van der Waals surface area (Å²) in [5, 5.41) is 6.61. The van der Waals surface area contributed by atoms with E-state index in [0.717, 1.165) is 17.8 Å². The molecule has 0 aliphatic carbocycles. The molecule has 1 amide bonds. The molecule has 0 bridgehead atoms. The lowest BCUT2D eigenvalue weighted by molar-refractivity contribution is 0.0784. The van der Waals surface area contributed by atoms with Crippen molar-refractivity contribution >= 4 is 5.91 Å². The predicted octanol–water partition coefficient (Wildman–Crippen LogP) is 2.52. The summed E-state index contributed by atoms with van der Waals surface area (Å²) < 4.78 is 26.0. The molecule has 0 radical (unpaired) electrons. The highest BCUT2D eigenvalue weighted by Gasteiger charge is 2.17. The lowest BCUT2D eigenvalue weighted by Gasteiger charge is -2.17. The normalized spacial score (nSPS) is 10.6. The van der Waals surface area contributed by atoms with Gasteiger partial charge in [0, 0.05) is 19.3 Å². The topological polar surface area (TPSA) is 49.0 Å². The Morgan fingerprint density at radius 1 is 1.35 bits per heavy atom. The Balaban J connectivity index is 2.13. The number of hydrogen-bond donors (Lipinski definition) is 1. The van der Waals surface area contributed by atoms with E-state index < -0.39 is 11.6 Å². The van der Waals surface area contributed by atoms with Crippen LogP contribution in [0, 0.1) is 11.6 Å². The fraction of sp³-hybridized carbons (Fsp3) is 0.286. The number of H-pyrrole nitrogens is 1. The highest BCUT2D eigenvalue weighted by Crippen LogP contribution is 2.13. The fourth-order valence-corrected chi connectivity index (χ4v) is 1.96. The van der Waals surface area contributed by atoms with Crippen molar-refractivity contribution in [1.82, 2.24) is 15.1 Å². The number of carbonyl (C=O) groups is 1. The van der Waals surface area contributed by atoms with E-state index in [4.69, 9.17) is 0 Å². The van der Waals surface area contributed by atoms with Gasteiger partial charge < -0.3 is 4.90 Å². The second-order valence-corrected chi connectivity index (χ2v) is 4.53. The summed E-state index contributed by atoms with van der Waals surface area (Å²) >= 11 is 0. The van der Waals surface area contributed by atoms with Gasteiger partial charge in [0.25, 0.3) is 5.91 Å². The number of aromatic amines is 1. The number of aryl methyl sites for hydroxylation is 1. The van der Waals surface area contributed by atoms with E-state index in [1.165, 1.54) is 17.2 Å². The maximum absolute atomic E-state index is 13.1. The third-order valence-electron chi connectivity index (χ3n) is 3.05. The number of benzene rings is 1. The number of nitrogens with one attached hydrogen (secondary N) is 1. The lowest BCUT2D eigenvalue weighted by atomic mass is 10.1. The molecule has 0 unspecified atom stereocenters. The van der Waals surface area contributed by atoms with Gasteiger partial charge in [-0.3, -0.25) is 9.89 Å². The van der Waals surface area contributed by atoms with Gasteiger partial charge >= 0.3 is 0 Å². The van der Waals surface area contributed by atoms with Crippen LogP contribution in [0.2, 0.25) is 0 Å². The van der Waals surface area contributed by atoms with Gasteiger partial charge in [-0.05, 0) is 24.1 Å².